The Labute approximate surface area is 151 Å². The Hall–Kier alpha value is -1.30. The molecule has 0 unspecified atom stereocenters. The minimum atomic E-state index is -0.169. The highest BCUT2D eigenvalue weighted by Crippen LogP contribution is 2.30. The molecule has 0 bridgehead atoms. The Kier molecular flexibility index (Phi) is 6.20. The average Bonchev–Trinajstić information content (AvgIpc) is 3.03. The summed E-state index contributed by atoms with van der Waals surface area (Å²) in [5.74, 6) is 0.369. The predicted octanol–water partition coefficient (Wildman–Crippen LogP) is 2.47. The van der Waals surface area contributed by atoms with E-state index in [1.54, 1.807) is 0 Å². The summed E-state index contributed by atoms with van der Waals surface area (Å²) in [6.45, 7) is 8.24. The fourth-order valence-corrected chi connectivity index (χ4v) is 4.82. The number of nitrogens with zero attached hydrogens (tertiary/aromatic N) is 3. The van der Waals surface area contributed by atoms with Crippen LogP contribution in [0.5, 0.6) is 0 Å². The van der Waals surface area contributed by atoms with Gasteiger partial charge in [0.1, 0.15) is 0 Å². The summed E-state index contributed by atoms with van der Waals surface area (Å²) in [7, 11) is 0. The molecule has 0 saturated carbocycles. The normalized spacial score (nSPS) is 27.1. The lowest BCUT2D eigenvalue weighted by Crippen LogP contribution is -2.53. The molecule has 0 N–H and O–H groups in total. The topological polar surface area (TPSA) is 53.1 Å². The zero-order chi connectivity index (χ0) is 17.8. The maximum Gasteiger partial charge on any atom is 0.409 e. The third-order valence-corrected chi connectivity index (χ3v) is 6.24. The first-order valence-electron chi connectivity index (χ1n) is 10.1. The number of hydrogen-bond acceptors (Lipinski definition) is 4. The summed E-state index contributed by atoms with van der Waals surface area (Å²) in [4.78, 5) is 30.7. The Balaban J connectivity index is 1.45. The molecule has 3 rings (SSSR count). The van der Waals surface area contributed by atoms with Crippen LogP contribution in [0.3, 0.4) is 0 Å². The van der Waals surface area contributed by atoms with Crippen molar-refractivity contribution in [3.8, 4) is 0 Å². The summed E-state index contributed by atoms with van der Waals surface area (Å²) in [6, 6.07) is 1.48. The van der Waals surface area contributed by atoms with Gasteiger partial charge in [0.05, 0.1) is 6.61 Å². The van der Waals surface area contributed by atoms with Crippen molar-refractivity contribution in [3.63, 3.8) is 0 Å². The van der Waals surface area contributed by atoms with Crippen LogP contribution in [0, 0.1) is 0 Å². The maximum absolute atomic E-state index is 12.2. The minimum absolute atomic E-state index is 0.169. The van der Waals surface area contributed by atoms with Gasteiger partial charge in [-0.05, 0) is 45.4 Å². The van der Waals surface area contributed by atoms with Gasteiger partial charge in [-0.15, -0.1) is 0 Å². The van der Waals surface area contributed by atoms with Gasteiger partial charge in [-0.1, -0.05) is 6.92 Å². The lowest BCUT2D eigenvalue weighted by molar-refractivity contribution is -0.132. The van der Waals surface area contributed by atoms with Crippen LogP contribution in [0.1, 0.15) is 58.8 Å². The number of carbonyl (C=O) groups is 2. The Bertz CT molecular complexity index is 469. The van der Waals surface area contributed by atoms with Crippen LogP contribution in [-0.2, 0) is 9.53 Å². The molecule has 6 nitrogen and oxygen atoms in total. The Morgan fingerprint density at radius 3 is 2.24 bits per heavy atom. The third kappa shape index (κ3) is 4.10. The van der Waals surface area contributed by atoms with Gasteiger partial charge in [0.15, 0.2) is 0 Å². The van der Waals surface area contributed by atoms with Crippen molar-refractivity contribution >= 4 is 12.0 Å². The fourth-order valence-electron chi connectivity index (χ4n) is 4.82. The van der Waals surface area contributed by atoms with Gasteiger partial charge < -0.3 is 19.4 Å². The van der Waals surface area contributed by atoms with Crippen molar-refractivity contribution in [2.45, 2.75) is 76.9 Å². The molecule has 0 aromatic heterocycles. The van der Waals surface area contributed by atoms with Gasteiger partial charge in [-0.3, -0.25) is 4.79 Å². The molecule has 3 aliphatic rings. The molecule has 3 aliphatic heterocycles. The third-order valence-electron chi connectivity index (χ3n) is 6.24. The summed E-state index contributed by atoms with van der Waals surface area (Å²) < 4.78 is 5.10. The Morgan fingerprint density at radius 1 is 1.00 bits per heavy atom. The molecule has 0 aromatic rings. The summed E-state index contributed by atoms with van der Waals surface area (Å²) in [5, 5.41) is 0. The average molecular weight is 351 g/mol. The number of piperidine rings is 2. The van der Waals surface area contributed by atoms with E-state index >= 15 is 0 Å². The molecular formula is C19H33N3O3. The van der Waals surface area contributed by atoms with E-state index in [0.29, 0.717) is 30.6 Å². The van der Waals surface area contributed by atoms with Crippen molar-refractivity contribution < 1.29 is 14.3 Å². The molecule has 0 aromatic carbocycles. The number of rotatable bonds is 4. The molecule has 3 saturated heterocycles. The van der Waals surface area contributed by atoms with E-state index in [-0.39, 0.29) is 6.09 Å². The zero-order valence-corrected chi connectivity index (χ0v) is 15.8. The van der Waals surface area contributed by atoms with Gasteiger partial charge in [-0.2, -0.15) is 0 Å². The van der Waals surface area contributed by atoms with Crippen molar-refractivity contribution in [2.24, 2.45) is 0 Å². The molecule has 6 heteroatoms. The second-order valence-corrected chi connectivity index (χ2v) is 7.59. The van der Waals surface area contributed by atoms with E-state index in [9.17, 15) is 9.59 Å². The first kappa shape index (κ1) is 18.5. The molecular weight excluding hydrogens is 318 g/mol. The highest BCUT2D eigenvalue weighted by molar-refractivity contribution is 5.79. The molecule has 25 heavy (non-hydrogen) atoms. The highest BCUT2D eigenvalue weighted by atomic mass is 16.6. The molecule has 2 amide bonds. The van der Waals surface area contributed by atoms with Gasteiger partial charge in [-0.25, -0.2) is 4.79 Å². The van der Waals surface area contributed by atoms with E-state index in [1.165, 1.54) is 0 Å². The number of ether oxygens (including phenoxy) is 1. The van der Waals surface area contributed by atoms with Crippen LogP contribution < -0.4 is 0 Å². The SMILES string of the molecule is CCOC(=O)N1CCC(N2CCC(N3C(=O)CC[C@H]3CC)CC2)CC1. The van der Waals surface area contributed by atoms with Gasteiger partial charge in [0.25, 0.3) is 0 Å². The molecule has 142 valence electrons. The predicted molar refractivity (Wildman–Crippen MR) is 96.4 cm³/mol. The van der Waals surface area contributed by atoms with Crippen LogP contribution in [0.25, 0.3) is 0 Å². The van der Waals surface area contributed by atoms with Gasteiger partial charge in [0, 0.05) is 50.7 Å². The van der Waals surface area contributed by atoms with Crippen molar-refractivity contribution in [2.75, 3.05) is 32.8 Å². The number of amides is 2. The molecule has 1 atom stereocenters. The van der Waals surface area contributed by atoms with Crippen molar-refractivity contribution in [1.82, 2.24) is 14.7 Å². The van der Waals surface area contributed by atoms with Crippen LogP contribution in [0.2, 0.25) is 0 Å². The molecule has 0 radical (unpaired) electrons. The standard InChI is InChI=1S/C19H33N3O3/c1-3-15-5-6-18(23)22(15)17-9-11-20(12-10-17)16-7-13-21(14-8-16)19(24)25-4-2/h15-17H,3-14H2,1-2H3/t15-/m1/s1. The summed E-state index contributed by atoms with van der Waals surface area (Å²) in [6.07, 6.45) is 6.96. The number of carbonyl (C=O) groups excluding carboxylic acids is 2. The van der Waals surface area contributed by atoms with Crippen LogP contribution in [0.4, 0.5) is 4.79 Å². The van der Waals surface area contributed by atoms with Gasteiger partial charge >= 0.3 is 6.09 Å². The summed E-state index contributed by atoms with van der Waals surface area (Å²) >= 11 is 0. The zero-order valence-electron chi connectivity index (χ0n) is 15.8. The van der Waals surface area contributed by atoms with Crippen LogP contribution in [0.15, 0.2) is 0 Å². The van der Waals surface area contributed by atoms with Crippen molar-refractivity contribution in [3.05, 3.63) is 0 Å². The smallest absolute Gasteiger partial charge is 0.409 e. The quantitative estimate of drug-likeness (QED) is 0.781. The van der Waals surface area contributed by atoms with Crippen LogP contribution >= 0.6 is 0 Å². The monoisotopic (exact) mass is 351 g/mol. The van der Waals surface area contributed by atoms with E-state index in [2.05, 4.69) is 16.7 Å². The van der Waals surface area contributed by atoms with Crippen molar-refractivity contribution in [1.29, 1.82) is 0 Å². The lowest BCUT2D eigenvalue weighted by atomic mass is 9.96. The molecule has 3 heterocycles. The maximum atomic E-state index is 12.2. The molecule has 3 fully saturated rings. The highest BCUT2D eigenvalue weighted by Gasteiger charge is 2.38. The first-order valence-corrected chi connectivity index (χ1v) is 10.1. The largest absolute Gasteiger partial charge is 0.450 e. The van der Waals surface area contributed by atoms with E-state index in [4.69, 9.17) is 4.74 Å². The summed E-state index contributed by atoms with van der Waals surface area (Å²) in [5.41, 5.74) is 0. The van der Waals surface area contributed by atoms with E-state index < -0.39 is 0 Å². The van der Waals surface area contributed by atoms with Gasteiger partial charge in [0.2, 0.25) is 5.91 Å². The van der Waals surface area contributed by atoms with E-state index in [1.807, 2.05) is 11.8 Å². The van der Waals surface area contributed by atoms with E-state index in [0.717, 1.165) is 71.1 Å². The lowest BCUT2D eigenvalue weighted by Gasteiger charge is -2.44. The second kappa shape index (κ2) is 8.39. The minimum Gasteiger partial charge on any atom is -0.450 e. The molecule has 0 aliphatic carbocycles. The Morgan fingerprint density at radius 2 is 1.64 bits per heavy atom. The second-order valence-electron chi connectivity index (χ2n) is 7.59. The number of likely N-dealkylation sites (tertiary alicyclic amines) is 3. The molecule has 0 spiro atoms. The van der Waals surface area contributed by atoms with Crippen LogP contribution in [-0.4, -0.2) is 77.6 Å². The fraction of sp³-hybridized carbons (Fsp3) is 0.895. The number of hydrogen-bond donors (Lipinski definition) is 0. The first-order chi connectivity index (χ1) is 12.1.